The second-order valence-corrected chi connectivity index (χ2v) is 7.29. The molecule has 0 aliphatic carbocycles. The number of carbonyl (C=O) groups excluding carboxylic acids is 1. The van der Waals surface area contributed by atoms with Crippen LogP contribution in [0.1, 0.15) is 30.5 Å². The minimum absolute atomic E-state index is 0.00789. The van der Waals surface area contributed by atoms with Gasteiger partial charge in [-0.2, -0.15) is 0 Å². The first kappa shape index (κ1) is 24.3. The molecule has 6 heteroatoms. The number of hydrogen-bond acceptors (Lipinski definition) is 6. The fraction of sp³-hybridized carbons (Fsp3) is 0.192. The highest BCUT2D eigenvalue weighted by Crippen LogP contribution is 2.33. The summed E-state index contributed by atoms with van der Waals surface area (Å²) in [5.41, 5.74) is 3.19. The average molecular weight is 437 g/mol. The van der Waals surface area contributed by atoms with Crippen LogP contribution < -0.4 is 9.47 Å². The molecule has 0 aliphatic rings. The maximum Gasteiger partial charge on any atom is 0.182 e. The Kier molecular flexibility index (Phi) is 8.72. The Balaban J connectivity index is 2.16. The molecular weight excluding hydrogens is 408 g/mol. The Morgan fingerprint density at radius 2 is 1.59 bits per heavy atom. The lowest BCUT2D eigenvalue weighted by molar-refractivity contribution is -0.110. The normalized spacial score (nSPS) is 11.7. The van der Waals surface area contributed by atoms with Crippen molar-refractivity contribution in [3.8, 4) is 23.0 Å². The van der Waals surface area contributed by atoms with Gasteiger partial charge >= 0.3 is 0 Å². The van der Waals surface area contributed by atoms with Gasteiger partial charge in [-0.25, -0.2) is 0 Å². The number of rotatable bonds is 9. The summed E-state index contributed by atoms with van der Waals surface area (Å²) in [6.45, 7) is 3.95. The van der Waals surface area contributed by atoms with E-state index in [1.54, 1.807) is 36.4 Å². The van der Waals surface area contributed by atoms with Gasteiger partial charge in [0.2, 0.25) is 0 Å². The Morgan fingerprint density at radius 1 is 0.938 bits per heavy atom. The van der Waals surface area contributed by atoms with Crippen LogP contribution in [0.5, 0.6) is 23.0 Å². The number of allylic oxidation sites excluding steroid dienone is 5. The summed E-state index contributed by atoms with van der Waals surface area (Å²) >= 11 is 0. The molecule has 0 atom stereocenters. The molecule has 2 aromatic rings. The van der Waals surface area contributed by atoms with E-state index in [0.29, 0.717) is 34.6 Å². The van der Waals surface area contributed by atoms with Crippen molar-refractivity contribution in [3.05, 3.63) is 82.7 Å². The monoisotopic (exact) mass is 436 g/mol. The largest absolute Gasteiger partial charge is 0.508 e. The number of methoxy groups -OCH3 is 2. The van der Waals surface area contributed by atoms with E-state index < -0.39 is 5.78 Å². The molecule has 2 rings (SSSR count). The zero-order valence-corrected chi connectivity index (χ0v) is 18.6. The van der Waals surface area contributed by atoms with Crippen molar-refractivity contribution in [2.45, 2.75) is 20.3 Å². The van der Waals surface area contributed by atoms with Crippen molar-refractivity contribution in [2.75, 3.05) is 14.2 Å². The lowest BCUT2D eigenvalue weighted by Crippen LogP contribution is -1.92. The molecule has 0 unspecified atom stereocenters. The topological polar surface area (TPSA) is 96.2 Å². The molecule has 168 valence electrons. The molecule has 0 aliphatic heterocycles. The van der Waals surface area contributed by atoms with Gasteiger partial charge in [0.1, 0.15) is 5.76 Å². The number of aliphatic hydroxyl groups excluding tert-OH is 1. The number of phenols is 2. The number of carbonyl (C=O) groups is 1. The van der Waals surface area contributed by atoms with Gasteiger partial charge in [-0.05, 0) is 67.8 Å². The fourth-order valence-electron chi connectivity index (χ4n) is 2.81. The van der Waals surface area contributed by atoms with Crippen LogP contribution in [-0.2, 0) is 11.2 Å². The minimum atomic E-state index is -0.410. The predicted octanol–water partition coefficient (Wildman–Crippen LogP) is 5.36. The van der Waals surface area contributed by atoms with E-state index in [9.17, 15) is 20.1 Å². The van der Waals surface area contributed by atoms with Gasteiger partial charge < -0.3 is 24.8 Å². The first-order valence-corrected chi connectivity index (χ1v) is 9.94. The van der Waals surface area contributed by atoms with Gasteiger partial charge in [0.25, 0.3) is 0 Å². The standard InChI is InChI=1S/C26H28O6/c1-17(2)5-9-20-13-19(15-25(32-4)26(20)30)7-11-22(28)16-21(27)10-6-18-8-12-23(29)24(14-18)31-3/h5-8,10-16,28-30H,9H2,1-4H3/b10-6+,11-7+,22-16?. The smallest absolute Gasteiger partial charge is 0.182 e. The molecule has 0 heterocycles. The number of hydrogen-bond donors (Lipinski definition) is 3. The van der Waals surface area contributed by atoms with Crippen molar-refractivity contribution in [3.63, 3.8) is 0 Å². The summed E-state index contributed by atoms with van der Waals surface area (Å²) in [5.74, 6) is 0.0829. The molecule has 6 nitrogen and oxygen atoms in total. The van der Waals surface area contributed by atoms with E-state index in [1.807, 2.05) is 19.9 Å². The molecule has 3 N–H and O–H groups in total. The molecule has 0 saturated heterocycles. The maximum atomic E-state index is 12.1. The maximum absolute atomic E-state index is 12.1. The third-order valence-corrected chi connectivity index (χ3v) is 4.51. The van der Waals surface area contributed by atoms with E-state index in [-0.39, 0.29) is 17.3 Å². The Bertz CT molecular complexity index is 1090. The van der Waals surface area contributed by atoms with Crippen LogP contribution in [0.4, 0.5) is 0 Å². The molecule has 0 bridgehead atoms. The molecule has 0 saturated carbocycles. The summed E-state index contributed by atoms with van der Waals surface area (Å²) in [6, 6.07) is 8.13. The van der Waals surface area contributed by atoms with Crippen LogP contribution in [0.15, 0.2) is 66.0 Å². The van der Waals surface area contributed by atoms with Crippen LogP contribution in [-0.4, -0.2) is 35.3 Å². The fourth-order valence-corrected chi connectivity index (χ4v) is 2.81. The number of phenolic OH excluding ortho intramolecular Hbond substituents is 2. The van der Waals surface area contributed by atoms with E-state index >= 15 is 0 Å². The summed E-state index contributed by atoms with van der Waals surface area (Å²) < 4.78 is 10.3. The van der Waals surface area contributed by atoms with Crippen molar-refractivity contribution in [1.82, 2.24) is 0 Å². The van der Waals surface area contributed by atoms with E-state index in [2.05, 4.69) is 0 Å². The van der Waals surface area contributed by atoms with Crippen LogP contribution in [0.3, 0.4) is 0 Å². The zero-order valence-electron chi connectivity index (χ0n) is 18.6. The van der Waals surface area contributed by atoms with Crippen molar-refractivity contribution in [2.24, 2.45) is 0 Å². The van der Waals surface area contributed by atoms with E-state index in [1.165, 1.54) is 32.4 Å². The lowest BCUT2D eigenvalue weighted by atomic mass is 10.0. The highest BCUT2D eigenvalue weighted by Gasteiger charge is 2.09. The molecule has 0 fully saturated rings. The summed E-state index contributed by atoms with van der Waals surface area (Å²) in [6.07, 6.45) is 9.50. The average Bonchev–Trinajstić information content (AvgIpc) is 2.76. The third-order valence-electron chi connectivity index (χ3n) is 4.51. The molecule has 0 spiro atoms. The first-order valence-electron chi connectivity index (χ1n) is 9.94. The SMILES string of the molecule is COc1cc(/C=C/C(=O)C=C(O)/C=C/c2cc(CC=C(C)C)c(O)c(OC)c2)ccc1O. The van der Waals surface area contributed by atoms with Crippen LogP contribution in [0, 0.1) is 0 Å². The van der Waals surface area contributed by atoms with Gasteiger partial charge in [0, 0.05) is 11.6 Å². The summed E-state index contributed by atoms with van der Waals surface area (Å²) in [4.78, 5) is 12.1. The van der Waals surface area contributed by atoms with Gasteiger partial charge in [-0.1, -0.05) is 29.9 Å². The molecule has 0 radical (unpaired) electrons. The van der Waals surface area contributed by atoms with Gasteiger partial charge in [-0.3, -0.25) is 4.79 Å². The Hall–Kier alpha value is -3.93. The van der Waals surface area contributed by atoms with Crippen molar-refractivity contribution >= 4 is 17.9 Å². The Labute approximate surface area is 188 Å². The van der Waals surface area contributed by atoms with E-state index in [4.69, 9.17) is 9.47 Å². The highest BCUT2D eigenvalue weighted by atomic mass is 16.5. The van der Waals surface area contributed by atoms with Crippen molar-refractivity contribution < 1.29 is 29.6 Å². The van der Waals surface area contributed by atoms with Gasteiger partial charge in [0.05, 0.1) is 14.2 Å². The van der Waals surface area contributed by atoms with Crippen LogP contribution in [0.25, 0.3) is 12.2 Å². The number of ketones is 1. The minimum Gasteiger partial charge on any atom is -0.508 e. The summed E-state index contributed by atoms with van der Waals surface area (Å²) in [7, 11) is 2.91. The number of benzene rings is 2. The Morgan fingerprint density at radius 3 is 2.25 bits per heavy atom. The molecule has 0 aromatic heterocycles. The quantitative estimate of drug-likeness (QED) is 0.212. The third kappa shape index (κ3) is 7.09. The summed E-state index contributed by atoms with van der Waals surface area (Å²) in [5, 5.41) is 30.0. The second kappa shape index (κ2) is 11.5. The van der Waals surface area contributed by atoms with Crippen LogP contribution in [0.2, 0.25) is 0 Å². The number of aromatic hydroxyl groups is 2. The van der Waals surface area contributed by atoms with Crippen LogP contribution >= 0.6 is 0 Å². The highest BCUT2D eigenvalue weighted by molar-refractivity contribution is 6.02. The predicted molar refractivity (Wildman–Crippen MR) is 126 cm³/mol. The molecule has 32 heavy (non-hydrogen) atoms. The number of ether oxygens (including phenoxy) is 2. The van der Waals surface area contributed by atoms with E-state index in [0.717, 1.165) is 11.6 Å². The van der Waals surface area contributed by atoms with Gasteiger partial charge in [0.15, 0.2) is 28.8 Å². The first-order chi connectivity index (χ1) is 15.2. The lowest BCUT2D eigenvalue weighted by Gasteiger charge is -2.10. The van der Waals surface area contributed by atoms with Crippen molar-refractivity contribution in [1.29, 1.82) is 0 Å². The molecule has 0 amide bonds. The zero-order chi connectivity index (χ0) is 23.7. The molecule has 2 aromatic carbocycles. The van der Waals surface area contributed by atoms with Gasteiger partial charge in [-0.15, -0.1) is 0 Å². The molecular formula is C26H28O6. The second-order valence-electron chi connectivity index (χ2n) is 7.29. The number of aliphatic hydroxyl groups is 1.